The quantitative estimate of drug-likeness (QED) is 0.748. The van der Waals surface area contributed by atoms with Gasteiger partial charge in [0, 0.05) is 12.7 Å². The van der Waals surface area contributed by atoms with Gasteiger partial charge in [0.15, 0.2) is 10.9 Å². The van der Waals surface area contributed by atoms with Crippen LogP contribution in [0.1, 0.15) is 29.1 Å². The van der Waals surface area contributed by atoms with Gasteiger partial charge in [-0.15, -0.1) is 0 Å². The molecule has 7 nitrogen and oxygen atoms in total. The third kappa shape index (κ3) is 3.48. The zero-order chi connectivity index (χ0) is 18.8. The van der Waals surface area contributed by atoms with Crippen LogP contribution in [-0.2, 0) is 4.79 Å². The molecule has 0 radical (unpaired) electrons. The highest BCUT2D eigenvalue weighted by molar-refractivity contribution is 7.19. The van der Waals surface area contributed by atoms with Crippen molar-refractivity contribution >= 4 is 28.3 Å². The Balaban J connectivity index is 1.50. The highest BCUT2D eigenvalue weighted by Crippen LogP contribution is 2.32. The van der Waals surface area contributed by atoms with E-state index in [1.165, 1.54) is 17.6 Å². The highest BCUT2D eigenvalue weighted by atomic mass is 32.1. The van der Waals surface area contributed by atoms with Crippen LogP contribution in [0.25, 0.3) is 10.6 Å². The van der Waals surface area contributed by atoms with Crippen LogP contribution in [0, 0.1) is 6.92 Å². The molecule has 2 amide bonds. The lowest BCUT2D eigenvalue weighted by Gasteiger charge is -2.22. The lowest BCUT2D eigenvalue weighted by atomic mass is 10.2. The molecule has 0 aromatic carbocycles. The molecule has 1 N–H and O–H groups in total. The summed E-state index contributed by atoms with van der Waals surface area (Å²) < 4.78 is 5.18. The first-order valence-electron chi connectivity index (χ1n) is 8.67. The molecule has 1 atom stereocenters. The fraction of sp³-hybridized carbons (Fsp3) is 0.263. The number of hydrogen-bond donors (Lipinski definition) is 1. The summed E-state index contributed by atoms with van der Waals surface area (Å²) in [7, 11) is 0. The van der Waals surface area contributed by atoms with Crippen molar-refractivity contribution in [3.05, 3.63) is 54.2 Å². The molecular formula is C19H18N4O3S. The van der Waals surface area contributed by atoms with Crippen LogP contribution in [0.3, 0.4) is 0 Å². The van der Waals surface area contributed by atoms with Gasteiger partial charge in [0.1, 0.15) is 6.04 Å². The summed E-state index contributed by atoms with van der Waals surface area (Å²) >= 11 is 1.38. The minimum atomic E-state index is -0.523. The fourth-order valence-electron chi connectivity index (χ4n) is 3.20. The fourth-order valence-corrected chi connectivity index (χ4v) is 4.14. The largest absolute Gasteiger partial charge is 0.459 e. The van der Waals surface area contributed by atoms with Crippen LogP contribution >= 0.6 is 11.3 Å². The Hall–Kier alpha value is -3.00. The first kappa shape index (κ1) is 17.4. The summed E-state index contributed by atoms with van der Waals surface area (Å²) in [6, 6.07) is 8.43. The number of aryl methyl sites for hydroxylation is 1. The zero-order valence-electron chi connectivity index (χ0n) is 14.7. The molecule has 8 heteroatoms. The number of anilines is 1. The number of carbonyl (C=O) groups is 2. The van der Waals surface area contributed by atoms with E-state index in [0.717, 1.165) is 22.7 Å². The predicted molar refractivity (Wildman–Crippen MR) is 101 cm³/mol. The van der Waals surface area contributed by atoms with Gasteiger partial charge in [0.05, 0.1) is 22.5 Å². The Kier molecular flexibility index (Phi) is 4.72. The Labute approximate surface area is 160 Å². The summed E-state index contributed by atoms with van der Waals surface area (Å²) in [4.78, 5) is 36.6. The molecule has 3 aromatic heterocycles. The third-order valence-electron chi connectivity index (χ3n) is 4.47. The summed E-state index contributed by atoms with van der Waals surface area (Å²) in [5.74, 6) is -0.242. The molecule has 1 saturated heterocycles. The number of carbonyl (C=O) groups excluding carboxylic acids is 2. The summed E-state index contributed by atoms with van der Waals surface area (Å²) in [5.41, 5.74) is 1.63. The molecule has 4 heterocycles. The van der Waals surface area contributed by atoms with Crippen molar-refractivity contribution in [1.29, 1.82) is 0 Å². The minimum Gasteiger partial charge on any atom is -0.459 e. The number of likely N-dealkylation sites (tertiary alicyclic amines) is 1. The van der Waals surface area contributed by atoms with Crippen LogP contribution in [0.4, 0.5) is 5.13 Å². The Morgan fingerprint density at radius 2 is 2.19 bits per heavy atom. The van der Waals surface area contributed by atoms with Gasteiger partial charge >= 0.3 is 0 Å². The SMILES string of the molecule is Cc1nc(NC(=O)[C@@H]2CCCN2C(=O)c2ccco2)sc1-c1ccccn1. The molecule has 1 aliphatic rings. The van der Waals surface area contributed by atoms with Crippen molar-refractivity contribution in [1.82, 2.24) is 14.9 Å². The van der Waals surface area contributed by atoms with Gasteiger partial charge in [0.2, 0.25) is 5.91 Å². The van der Waals surface area contributed by atoms with E-state index in [4.69, 9.17) is 4.42 Å². The van der Waals surface area contributed by atoms with Crippen molar-refractivity contribution in [2.75, 3.05) is 11.9 Å². The topological polar surface area (TPSA) is 88.3 Å². The zero-order valence-corrected chi connectivity index (χ0v) is 15.5. The van der Waals surface area contributed by atoms with Gasteiger partial charge in [0.25, 0.3) is 5.91 Å². The van der Waals surface area contributed by atoms with Crippen molar-refractivity contribution in [2.45, 2.75) is 25.8 Å². The van der Waals surface area contributed by atoms with E-state index in [2.05, 4.69) is 15.3 Å². The number of aromatic nitrogens is 2. The Bertz CT molecular complexity index is 953. The first-order valence-corrected chi connectivity index (χ1v) is 9.49. The van der Waals surface area contributed by atoms with Gasteiger partial charge in [-0.05, 0) is 44.0 Å². The maximum atomic E-state index is 12.8. The number of nitrogens with zero attached hydrogens (tertiary/aromatic N) is 3. The van der Waals surface area contributed by atoms with Crippen LogP contribution in [-0.4, -0.2) is 39.3 Å². The van der Waals surface area contributed by atoms with Crippen LogP contribution in [0.15, 0.2) is 47.2 Å². The summed E-state index contributed by atoms with van der Waals surface area (Å²) in [6.45, 7) is 2.42. The first-order chi connectivity index (χ1) is 13.1. The maximum Gasteiger partial charge on any atom is 0.290 e. The van der Waals surface area contributed by atoms with E-state index in [-0.39, 0.29) is 17.6 Å². The molecule has 4 rings (SSSR count). The molecule has 1 aliphatic heterocycles. The van der Waals surface area contributed by atoms with E-state index in [1.54, 1.807) is 23.2 Å². The normalized spacial score (nSPS) is 16.5. The minimum absolute atomic E-state index is 0.228. The van der Waals surface area contributed by atoms with Gasteiger partial charge in [-0.25, -0.2) is 4.98 Å². The molecule has 27 heavy (non-hydrogen) atoms. The van der Waals surface area contributed by atoms with E-state index < -0.39 is 6.04 Å². The number of nitrogens with one attached hydrogen (secondary N) is 1. The second kappa shape index (κ2) is 7.32. The van der Waals surface area contributed by atoms with E-state index in [0.29, 0.717) is 18.1 Å². The van der Waals surface area contributed by atoms with Gasteiger partial charge < -0.3 is 14.6 Å². The highest BCUT2D eigenvalue weighted by Gasteiger charge is 2.36. The number of rotatable bonds is 4. The number of furan rings is 1. The van der Waals surface area contributed by atoms with Crippen LogP contribution in [0.2, 0.25) is 0 Å². The lowest BCUT2D eigenvalue weighted by Crippen LogP contribution is -2.43. The molecule has 1 fully saturated rings. The molecule has 138 valence electrons. The van der Waals surface area contributed by atoms with Crippen molar-refractivity contribution in [3.63, 3.8) is 0 Å². The molecule has 0 spiro atoms. The molecule has 0 aliphatic carbocycles. The number of pyridine rings is 1. The monoisotopic (exact) mass is 382 g/mol. The van der Waals surface area contributed by atoms with Crippen LogP contribution < -0.4 is 5.32 Å². The number of hydrogen-bond acceptors (Lipinski definition) is 6. The van der Waals surface area contributed by atoms with E-state index in [1.807, 2.05) is 25.1 Å². The predicted octanol–water partition coefficient (Wildman–Crippen LogP) is 3.35. The smallest absolute Gasteiger partial charge is 0.290 e. The summed E-state index contributed by atoms with van der Waals surface area (Å²) in [5, 5.41) is 3.37. The van der Waals surface area contributed by atoms with Crippen molar-refractivity contribution < 1.29 is 14.0 Å². The molecule has 0 saturated carbocycles. The molecule has 0 unspecified atom stereocenters. The van der Waals surface area contributed by atoms with E-state index in [9.17, 15) is 9.59 Å². The van der Waals surface area contributed by atoms with Gasteiger partial charge in [-0.2, -0.15) is 0 Å². The second-order valence-electron chi connectivity index (χ2n) is 6.27. The average molecular weight is 382 g/mol. The molecule has 0 bridgehead atoms. The van der Waals surface area contributed by atoms with Gasteiger partial charge in [-0.1, -0.05) is 17.4 Å². The molecular weight excluding hydrogens is 364 g/mol. The Morgan fingerprint density at radius 3 is 2.93 bits per heavy atom. The molecule has 3 aromatic rings. The number of amides is 2. The van der Waals surface area contributed by atoms with Crippen molar-refractivity contribution in [2.24, 2.45) is 0 Å². The third-order valence-corrected chi connectivity index (χ3v) is 5.57. The summed E-state index contributed by atoms with van der Waals surface area (Å²) in [6.07, 6.45) is 4.58. The maximum absolute atomic E-state index is 12.8. The Morgan fingerprint density at radius 1 is 1.30 bits per heavy atom. The van der Waals surface area contributed by atoms with Gasteiger partial charge in [-0.3, -0.25) is 14.6 Å². The average Bonchev–Trinajstić information content (AvgIpc) is 3.43. The van der Waals surface area contributed by atoms with Crippen LogP contribution in [0.5, 0.6) is 0 Å². The second-order valence-corrected chi connectivity index (χ2v) is 7.27. The number of thiazole rings is 1. The standard InChI is InChI=1S/C19H18N4O3S/c1-12-16(13-6-2-3-9-20-13)27-19(21-12)22-17(24)14-7-4-10-23(14)18(25)15-8-5-11-26-15/h2-3,5-6,8-9,11,14H,4,7,10H2,1H3,(H,21,22,24)/t14-/m0/s1. The van der Waals surface area contributed by atoms with Crippen molar-refractivity contribution in [3.8, 4) is 10.6 Å². The lowest BCUT2D eigenvalue weighted by molar-refractivity contribution is -0.119. The van der Waals surface area contributed by atoms with E-state index >= 15 is 0 Å².